The van der Waals surface area contributed by atoms with E-state index in [0.29, 0.717) is 16.4 Å². The Kier molecular flexibility index (Phi) is 5.23. The van der Waals surface area contributed by atoms with Crippen LogP contribution in [-0.4, -0.2) is 25.1 Å². The summed E-state index contributed by atoms with van der Waals surface area (Å²) in [5.74, 6) is 1.34. The number of hydrogen-bond donors (Lipinski definition) is 1. The maximum Gasteiger partial charge on any atom is 0.257 e. The van der Waals surface area contributed by atoms with Crippen molar-refractivity contribution in [3.63, 3.8) is 0 Å². The Bertz CT molecular complexity index is 933. The molecular formula is C20H20N2O3S. The number of methoxy groups -OCH3 is 2. The Labute approximate surface area is 156 Å². The van der Waals surface area contributed by atoms with Gasteiger partial charge >= 0.3 is 0 Å². The normalized spacial score (nSPS) is 10.5. The number of hydrogen-bond acceptors (Lipinski definition) is 5. The number of carbonyl (C=O) groups excluding carboxylic acids is 1. The van der Waals surface area contributed by atoms with Crippen molar-refractivity contribution in [3.8, 4) is 22.8 Å². The summed E-state index contributed by atoms with van der Waals surface area (Å²) in [6.07, 6.45) is 0. The minimum absolute atomic E-state index is 0.203. The highest BCUT2D eigenvalue weighted by Gasteiger charge is 2.12. The van der Waals surface area contributed by atoms with Crippen LogP contribution < -0.4 is 14.8 Å². The quantitative estimate of drug-likeness (QED) is 0.709. The SMILES string of the molecule is COc1ccc(C(=O)Nc2nc(-c3cc(C)c(C)c(OC)c3)cs2)cc1. The van der Waals surface area contributed by atoms with E-state index in [1.54, 1.807) is 38.5 Å². The average Bonchev–Trinajstić information content (AvgIpc) is 3.12. The van der Waals surface area contributed by atoms with Crippen LogP contribution in [0, 0.1) is 13.8 Å². The Morgan fingerprint density at radius 1 is 1.08 bits per heavy atom. The first-order valence-electron chi connectivity index (χ1n) is 8.08. The molecule has 2 aromatic carbocycles. The number of aryl methyl sites for hydroxylation is 1. The largest absolute Gasteiger partial charge is 0.497 e. The number of nitrogens with zero attached hydrogens (tertiary/aromatic N) is 1. The molecule has 0 aliphatic rings. The molecule has 0 spiro atoms. The smallest absolute Gasteiger partial charge is 0.257 e. The Morgan fingerprint density at radius 3 is 2.46 bits per heavy atom. The van der Waals surface area contributed by atoms with Crippen LogP contribution in [0.3, 0.4) is 0 Å². The fourth-order valence-electron chi connectivity index (χ4n) is 2.56. The molecule has 0 fully saturated rings. The molecule has 134 valence electrons. The molecule has 1 N–H and O–H groups in total. The highest BCUT2D eigenvalue weighted by Crippen LogP contribution is 2.31. The van der Waals surface area contributed by atoms with Gasteiger partial charge in [-0.3, -0.25) is 10.1 Å². The molecule has 0 saturated carbocycles. The van der Waals surface area contributed by atoms with Crippen LogP contribution >= 0.6 is 11.3 Å². The summed E-state index contributed by atoms with van der Waals surface area (Å²) in [5.41, 5.74) is 4.57. The lowest BCUT2D eigenvalue weighted by atomic mass is 10.0. The number of anilines is 1. The van der Waals surface area contributed by atoms with Crippen molar-refractivity contribution >= 4 is 22.4 Å². The minimum atomic E-state index is -0.203. The number of nitrogens with one attached hydrogen (secondary N) is 1. The molecule has 0 aliphatic carbocycles. The zero-order valence-electron chi connectivity index (χ0n) is 15.1. The van der Waals surface area contributed by atoms with E-state index in [4.69, 9.17) is 9.47 Å². The van der Waals surface area contributed by atoms with E-state index in [1.807, 2.05) is 25.3 Å². The summed E-state index contributed by atoms with van der Waals surface area (Å²) in [7, 11) is 3.25. The molecular weight excluding hydrogens is 348 g/mol. The molecule has 5 nitrogen and oxygen atoms in total. The maximum atomic E-state index is 12.4. The molecule has 0 saturated heterocycles. The molecule has 0 radical (unpaired) electrons. The van der Waals surface area contributed by atoms with Crippen molar-refractivity contribution in [2.24, 2.45) is 0 Å². The molecule has 0 atom stereocenters. The highest BCUT2D eigenvalue weighted by molar-refractivity contribution is 7.14. The molecule has 1 heterocycles. The van der Waals surface area contributed by atoms with Gasteiger partial charge in [0.25, 0.3) is 5.91 Å². The van der Waals surface area contributed by atoms with Crippen LogP contribution in [-0.2, 0) is 0 Å². The molecule has 0 unspecified atom stereocenters. The monoisotopic (exact) mass is 368 g/mol. The molecule has 3 rings (SSSR count). The summed E-state index contributed by atoms with van der Waals surface area (Å²) in [5, 5.41) is 5.31. The predicted octanol–water partition coefficient (Wildman–Crippen LogP) is 4.70. The molecule has 3 aromatic rings. The summed E-state index contributed by atoms with van der Waals surface area (Å²) in [4.78, 5) is 16.9. The van der Waals surface area contributed by atoms with Crippen LogP contribution in [0.15, 0.2) is 41.8 Å². The van der Waals surface area contributed by atoms with E-state index in [0.717, 1.165) is 28.1 Å². The fraction of sp³-hybridized carbons (Fsp3) is 0.200. The van der Waals surface area contributed by atoms with Gasteiger partial charge in [0.2, 0.25) is 0 Å². The molecule has 1 amide bonds. The third-order valence-corrected chi connectivity index (χ3v) is 4.97. The van der Waals surface area contributed by atoms with Crippen LogP contribution in [0.25, 0.3) is 11.3 Å². The van der Waals surface area contributed by atoms with Gasteiger partial charge in [0.1, 0.15) is 11.5 Å². The Hall–Kier alpha value is -2.86. The van der Waals surface area contributed by atoms with E-state index in [2.05, 4.69) is 16.4 Å². The third-order valence-electron chi connectivity index (χ3n) is 4.21. The van der Waals surface area contributed by atoms with Gasteiger partial charge in [-0.05, 0) is 61.4 Å². The summed E-state index contributed by atoms with van der Waals surface area (Å²) < 4.78 is 10.5. The number of aromatic nitrogens is 1. The van der Waals surface area contributed by atoms with E-state index < -0.39 is 0 Å². The Morgan fingerprint density at radius 2 is 1.81 bits per heavy atom. The topological polar surface area (TPSA) is 60.5 Å². The molecule has 6 heteroatoms. The summed E-state index contributed by atoms with van der Waals surface area (Å²) >= 11 is 1.39. The third kappa shape index (κ3) is 3.70. The summed E-state index contributed by atoms with van der Waals surface area (Å²) in [6, 6.07) is 11.0. The highest BCUT2D eigenvalue weighted by atomic mass is 32.1. The van der Waals surface area contributed by atoms with Gasteiger partial charge in [0.15, 0.2) is 5.13 Å². The lowest BCUT2D eigenvalue weighted by Gasteiger charge is -2.09. The lowest BCUT2D eigenvalue weighted by Crippen LogP contribution is -2.11. The van der Waals surface area contributed by atoms with Crippen LogP contribution in [0.2, 0.25) is 0 Å². The zero-order valence-corrected chi connectivity index (χ0v) is 15.9. The number of ether oxygens (including phenoxy) is 2. The van der Waals surface area contributed by atoms with Gasteiger partial charge in [0, 0.05) is 16.5 Å². The van der Waals surface area contributed by atoms with Crippen molar-refractivity contribution in [2.75, 3.05) is 19.5 Å². The molecule has 26 heavy (non-hydrogen) atoms. The minimum Gasteiger partial charge on any atom is -0.497 e. The van der Waals surface area contributed by atoms with Crippen molar-refractivity contribution in [2.45, 2.75) is 13.8 Å². The molecule has 0 aliphatic heterocycles. The molecule has 1 aromatic heterocycles. The average molecular weight is 368 g/mol. The first-order chi connectivity index (χ1) is 12.5. The van der Waals surface area contributed by atoms with E-state index in [1.165, 1.54) is 11.3 Å². The van der Waals surface area contributed by atoms with Gasteiger partial charge in [0.05, 0.1) is 19.9 Å². The fourth-order valence-corrected chi connectivity index (χ4v) is 3.28. The number of thiazole rings is 1. The second kappa shape index (κ2) is 7.58. The van der Waals surface area contributed by atoms with Gasteiger partial charge < -0.3 is 9.47 Å². The number of benzene rings is 2. The van der Waals surface area contributed by atoms with Crippen molar-refractivity contribution in [1.82, 2.24) is 4.98 Å². The van der Waals surface area contributed by atoms with Crippen molar-refractivity contribution in [1.29, 1.82) is 0 Å². The predicted molar refractivity (Wildman–Crippen MR) is 105 cm³/mol. The van der Waals surface area contributed by atoms with Crippen LogP contribution in [0.5, 0.6) is 11.5 Å². The van der Waals surface area contributed by atoms with E-state index in [9.17, 15) is 4.79 Å². The second-order valence-corrected chi connectivity index (χ2v) is 6.70. The molecule has 0 bridgehead atoms. The first-order valence-corrected chi connectivity index (χ1v) is 8.96. The lowest BCUT2D eigenvalue weighted by molar-refractivity contribution is 0.102. The summed E-state index contributed by atoms with van der Waals surface area (Å²) in [6.45, 7) is 4.07. The van der Waals surface area contributed by atoms with Crippen LogP contribution in [0.4, 0.5) is 5.13 Å². The number of amides is 1. The zero-order chi connectivity index (χ0) is 18.7. The number of carbonyl (C=O) groups is 1. The van der Waals surface area contributed by atoms with Gasteiger partial charge in [-0.1, -0.05) is 0 Å². The number of rotatable bonds is 5. The standard InChI is InChI=1S/C20H20N2O3S/c1-12-9-15(10-18(25-4)13(12)2)17-11-26-20(21-17)22-19(23)14-5-7-16(24-3)8-6-14/h5-11H,1-4H3,(H,21,22,23). The van der Waals surface area contributed by atoms with E-state index >= 15 is 0 Å². The first kappa shape index (κ1) is 17.9. The second-order valence-electron chi connectivity index (χ2n) is 5.84. The van der Waals surface area contributed by atoms with Crippen LogP contribution in [0.1, 0.15) is 21.5 Å². The van der Waals surface area contributed by atoms with Crippen molar-refractivity contribution < 1.29 is 14.3 Å². The van der Waals surface area contributed by atoms with Gasteiger partial charge in [-0.15, -0.1) is 11.3 Å². The Balaban J connectivity index is 1.79. The van der Waals surface area contributed by atoms with Gasteiger partial charge in [-0.25, -0.2) is 4.98 Å². The van der Waals surface area contributed by atoms with Gasteiger partial charge in [-0.2, -0.15) is 0 Å². The maximum absolute atomic E-state index is 12.4. The van der Waals surface area contributed by atoms with E-state index in [-0.39, 0.29) is 5.91 Å². The van der Waals surface area contributed by atoms with Crippen molar-refractivity contribution in [3.05, 3.63) is 58.5 Å².